The van der Waals surface area contributed by atoms with E-state index in [2.05, 4.69) is 10.4 Å². The third kappa shape index (κ3) is 4.77. The van der Waals surface area contributed by atoms with Crippen LogP contribution in [0.1, 0.15) is 18.4 Å². The zero-order valence-corrected chi connectivity index (χ0v) is 17.8. The van der Waals surface area contributed by atoms with Crippen molar-refractivity contribution in [3.05, 3.63) is 81.4 Å². The van der Waals surface area contributed by atoms with E-state index in [0.717, 1.165) is 18.4 Å². The smallest absolute Gasteiger partial charge is 0.271 e. The van der Waals surface area contributed by atoms with Gasteiger partial charge in [0.2, 0.25) is 5.91 Å². The Labute approximate surface area is 184 Å². The molecule has 6 nitrogen and oxygen atoms in total. The molecule has 1 aliphatic heterocycles. The molecule has 1 saturated heterocycles. The van der Waals surface area contributed by atoms with Gasteiger partial charge in [-0.2, -0.15) is 4.68 Å². The monoisotopic (exact) mass is 440 g/mol. The highest BCUT2D eigenvalue weighted by molar-refractivity contribution is 6.33. The summed E-state index contributed by atoms with van der Waals surface area (Å²) in [6.07, 6.45) is 1.55. The number of piperidine rings is 1. The summed E-state index contributed by atoms with van der Waals surface area (Å²) >= 11 is 6.24. The van der Waals surface area contributed by atoms with Crippen molar-refractivity contribution in [2.45, 2.75) is 19.8 Å². The summed E-state index contributed by atoms with van der Waals surface area (Å²) in [5.41, 5.74) is 1.61. The quantitative estimate of drug-likeness (QED) is 0.660. The van der Waals surface area contributed by atoms with E-state index in [4.69, 9.17) is 11.6 Å². The van der Waals surface area contributed by atoms with Gasteiger partial charge >= 0.3 is 0 Å². The van der Waals surface area contributed by atoms with E-state index in [-0.39, 0.29) is 17.4 Å². The topological polar surface area (TPSA) is 67.2 Å². The van der Waals surface area contributed by atoms with Gasteiger partial charge in [-0.3, -0.25) is 9.59 Å². The highest BCUT2D eigenvalue weighted by Gasteiger charge is 2.27. The molecule has 31 heavy (non-hydrogen) atoms. The highest BCUT2D eigenvalue weighted by atomic mass is 35.5. The maximum absolute atomic E-state index is 13.6. The van der Waals surface area contributed by atoms with Gasteiger partial charge in [-0.25, -0.2) is 4.39 Å². The van der Waals surface area contributed by atoms with Crippen LogP contribution in [0, 0.1) is 18.7 Å². The molecule has 8 heteroatoms. The lowest BCUT2D eigenvalue weighted by Crippen LogP contribution is -2.41. The fourth-order valence-electron chi connectivity index (χ4n) is 3.72. The first-order chi connectivity index (χ1) is 14.9. The van der Waals surface area contributed by atoms with Crippen molar-refractivity contribution in [3.8, 4) is 5.69 Å². The Kier molecular flexibility index (Phi) is 6.04. The minimum absolute atomic E-state index is 0.103. The van der Waals surface area contributed by atoms with Crippen molar-refractivity contribution in [1.29, 1.82) is 0 Å². The predicted octanol–water partition coefficient (Wildman–Crippen LogP) is 4.19. The maximum Gasteiger partial charge on any atom is 0.271 e. The standard InChI is InChI=1S/C23H22ClFN4O2/c1-15-7-8-20(19(24)12-15)26-23(31)16-4-3-11-28(14-16)21-9-10-22(30)29(27-21)18-6-2-5-17(25)13-18/h2,5-10,12-13,16H,3-4,11,14H2,1H3,(H,26,31). The number of carbonyl (C=O) groups excluding carboxylic acids is 1. The van der Waals surface area contributed by atoms with Crippen LogP contribution in [-0.4, -0.2) is 28.8 Å². The summed E-state index contributed by atoms with van der Waals surface area (Å²) in [4.78, 5) is 27.1. The van der Waals surface area contributed by atoms with E-state index in [9.17, 15) is 14.0 Å². The van der Waals surface area contributed by atoms with Crippen LogP contribution in [0.4, 0.5) is 15.9 Å². The molecule has 0 aliphatic carbocycles. The number of hydrogen-bond donors (Lipinski definition) is 1. The Morgan fingerprint density at radius 3 is 2.81 bits per heavy atom. The molecular weight excluding hydrogens is 419 g/mol. The molecule has 1 N–H and O–H groups in total. The Morgan fingerprint density at radius 1 is 1.19 bits per heavy atom. The molecule has 1 fully saturated rings. The molecular formula is C23H22ClFN4O2. The molecule has 0 bridgehead atoms. The second kappa shape index (κ2) is 8.89. The fourth-order valence-corrected chi connectivity index (χ4v) is 4.00. The molecule has 2 aromatic carbocycles. The lowest BCUT2D eigenvalue weighted by Gasteiger charge is -2.33. The lowest BCUT2D eigenvalue weighted by atomic mass is 9.97. The zero-order valence-electron chi connectivity index (χ0n) is 17.0. The van der Waals surface area contributed by atoms with E-state index < -0.39 is 5.82 Å². The zero-order chi connectivity index (χ0) is 22.0. The van der Waals surface area contributed by atoms with Crippen LogP contribution < -0.4 is 15.8 Å². The lowest BCUT2D eigenvalue weighted by molar-refractivity contribution is -0.120. The summed E-state index contributed by atoms with van der Waals surface area (Å²) in [5.74, 6) is -0.229. The number of aryl methyl sites for hydroxylation is 1. The second-order valence-corrected chi connectivity index (χ2v) is 8.09. The van der Waals surface area contributed by atoms with Crippen molar-refractivity contribution in [2.24, 2.45) is 5.92 Å². The Balaban J connectivity index is 1.52. The minimum atomic E-state index is -0.443. The number of halogens is 2. The van der Waals surface area contributed by atoms with Crippen LogP contribution in [-0.2, 0) is 4.79 Å². The van der Waals surface area contributed by atoms with Crippen LogP contribution in [0.2, 0.25) is 5.02 Å². The fraction of sp³-hybridized carbons (Fsp3) is 0.261. The molecule has 0 saturated carbocycles. The first-order valence-electron chi connectivity index (χ1n) is 10.1. The number of rotatable bonds is 4. The van der Waals surface area contributed by atoms with Crippen molar-refractivity contribution in [2.75, 3.05) is 23.3 Å². The van der Waals surface area contributed by atoms with Crippen LogP contribution in [0.3, 0.4) is 0 Å². The highest BCUT2D eigenvalue weighted by Crippen LogP contribution is 2.26. The number of nitrogens with one attached hydrogen (secondary N) is 1. The van der Waals surface area contributed by atoms with Gasteiger partial charge in [-0.1, -0.05) is 23.7 Å². The third-order valence-corrected chi connectivity index (χ3v) is 5.65. The number of nitrogens with zero attached hydrogens (tertiary/aromatic N) is 3. The molecule has 0 spiro atoms. The summed E-state index contributed by atoms with van der Waals surface area (Å²) in [6.45, 7) is 3.11. The molecule has 1 amide bonds. The minimum Gasteiger partial charge on any atom is -0.354 e. The first kappa shape index (κ1) is 21.1. The number of carbonyl (C=O) groups is 1. The molecule has 3 aromatic rings. The summed E-state index contributed by atoms with van der Waals surface area (Å²) in [5, 5.41) is 7.84. The van der Waals surface area contributed by atoms with Gasteiger partial charge in [0, 0.05) is 19.2 Å². The third-order valence-electron chi connectivity index (χ3n) is 5.34. The number of aromatic nitrogens is 2. The first-order valence-corrected chi connectivity index (χ1v) is 10.5. The Morgan fingerprint density at radius 2 is 2.03 bits per heavy atom. The van der Waals surface area contributed by atoms with Crippen LogP contribution in [0.15, 0.2) is 59.4 Å². The number of benzene rings is 2. The summed E-state index contributed by atoms with van der Waals surface area (Å²) in [6, 6.07) is 14.3. The van der Waals surface area contributed by atoms with Gasteiger partial charge in [0.1, 0.15) is 11.6 Å². The van der Waals surface area contributed by atoms with E-state index in [1.165, 1.54) is 28.9 Å². The molecule has 1 aliphatic rings. The van der Waals surface area contributed by atoms with Gasteiger partial charge in [0.05, 0.1) is 22.3 Å². The maximum atomic E-state index is 13.6. The Bertz CT molecular complexity index is 1180. The van der Waals surface area contributed by atoms with Crippen molar-refractivity contribution in [1.82, 2.24) is 9.78 Å². The molecule has 0 radical (unpaired) electrons. The normalized spacial score (nSPS) is 16.2. The van der Waals surface area contributed by atoms with Crippen LogP contribution in [0.5, 0.6) is 0 Å². The number of anilines is 2. The van der Waals surface area contributed by atoms with Crippen molar-refractivity contribution >= 4 is 29.0 Å². The average molecular weight is 441 g/mol. The van der Waals surface area contributed by atoms with Gasteiger partial charge in [0.15, 0.2) is 0 Å². The molecule has 1 aromatic heterocycles. The molecule has 4 rings (SSSR count). The van der Waals surface area contributed by atoms with Gasteiger partial charge in [-0.05, 0) is 61.7 Å². The van der Waals surface area contributed by atoms with Crippen LogP contribution >= 0.6 is 11.6 Å². The predicted molar refractivity (Wildman–Crippen MR) is 120 cm³/mol. The number of hydrogen-bond acceptors (Lipinski definition) is 4. The van der Waals surface area contributed by atoms with E-state index in [1.807, 2.05) is 24.0 Å². The largest absolute Gasteiger partial charge is 0.354 e. The molecule has 160 valence electrons. The molecule has 2 heterocycles. The van der Waals surface area contributed by atoms with Gasteiger partial charge < -0.3 is 10.2 Å². The van der Waals surface area contributed by atoms with Gasteiger partial charge in [0.25, 0.3) is 5.56 Å². The van der Waals surface area contributed by atoms with E-state index >= 15 is 0 Å². The molecule has 1 unspecified atom stereocenters. The molecule has 1 atom stereocenters. The van der Waals surface area contributed by atoms with Crippen molar-refractivity contribution in [3.63, 3.8) is 0 Å². The second-order valence-electron chi connectivity index (χ2n) is 7.68. The van der Waals surface area contributed by atoms with Gasteiger partial charge in [-0.15, -0.1) is 5.10 Å². The summed E-state index contributed by atoms with van der Waals surface area (Å²) in [7, 11) is 0. The van der Waals surface area contributed by atoms with E-state index in [1.54, 1.807) is 18.2 Å². The average Bonchev–Trinajstić information content (AvgIpc) is 2.76. The van der Waals surface area contributed by atoms with E-state index in [0.29, 0.717) is 35.3 Å². The number of amides is 1. The SMILES string of the molecule is Cc1ccc(NC(=O)C2CCCN(c3ccc(=O)n(-c4cccc(F)c4)n3)C2)c(Cl)c1. The Hall–Kier alpha value is -3.19. The van der Waals surface area contributed by atoms with Crippen molar-refractivity contribution < 1.29 is 9.18 Å². The summed E-state index contributed by atoms with van der Waals surface area (Å²) < 4.78 is 14.8. The van der Waals surface area contributed by atoms with Crippen LogP contribution in [0.25, 0.3) is 5.69 Å².